The highest BCUT2D eigenvalue weighted by atomic mass is 79.9. The molecule has 0 aliphatic rings. The average molecular weight is 292 g/mol. The van der Waals surface area contributed by atoms with E-state index in [0.29, 0.717) is 11.7 Å². The minimum Gasteiger partial charge on any atom is -0.370 e. The number of thiazole rings is 1. The number of nitrogens with two attached hydrogens (primary N) is 3. The fourth-order valence-electron chi connectivity index (χ4n) is 1.07. The number of hydrogen-bond acceptors (Lipinski definition) is 4. The summed E-state index contributed by atoms with van der Waals surface area (Å²) in [5, 5.41) is 0.588. The third-order valence-corrected chi connectivity index (χ3v) is 3.45. The Morgan fingerprint density at radius 2 is 2.13 bits per heavy atom. The zero-order chi connectivity index (χ0) is 11.3. The van der Waals surface area contributed by atoms with Crippen LogP contribution >= 0.6 is 27.3 Å². The van der Waals surface area contributed by atoms with E-state index >= 15 is 0 Å². The highest BCUT2D eigenvalue weighted by Crippen LogP contribution is 2.31. The summed E-state index contributed by atoms with van der Waals surface area (Å²) < 4.78 is 0.986. The Morgan fingerprint density at radius 3 is 2.73 bits per heavy atom. The summed E-state index contributed by atoms with van der Waals surface area (Å²) >= 11 is 4.86. The molecule has 1 aromatic heterocycles. The number of nitrogens with zero attached hydrogens (tertiary/aromatic N) is 2. The van der Waals surface area contributed by atoms with Crippen molar-refractivity contribution in [2.75, 3.05) is 6.54 Å². The van der Waals surface area contributed by atoms with Gasteiger partial charge in [0.05, 0.1) is 9.48 Å². The molecule has 84 valence electrons. The lowest BCUT2D eigenvalue weighted by Gasteiger charge is -1.95. The second-order valence-corrected chi connectivity index (χ2v) is 5.29. The maximum atomic E-state index is 5.42. The molecule has 0 unspecified atom stereocenters. The van der Waals surface area contributed by atoms with E-state index in [1.54, 1.807) is 0 Å². The van der Waals surface area contributed by atoms with Crippen molar-refractivity contribution in [2.24, 2.45) is 22.2 Å². The van der Waals surface area contributed by atoms with Gasteiger partial charge in [-0.2, -0.15) is 4.99 Å². The molecule has 7 heteroatoms. The third-order valence-electron chi connectivity index (χ3n) is 1.73. The van der Waals surface area contributed by atoms with Crippen molar-refractivity contribution in [1.82, 2.24) is 4.98 Å². The highest BCUT2D eigenvalue weighted by Gasteiger charge is 2.07. The molecule has 0 saturated carbocycles. The van der Waals surface area contributed by atoms with E-state index in [4.69, 9.17) is 17.2 Å². The summed E-state index contributed by atoms with van der Waals surface area (Å²) in [4.78, 5) is 8.20. The van der Waals surface area contributed by atoms with Crippen LogP contribution in [0.15, 0.2) is 8.78 Å². The predicted molar refractivity (Wildman–Crippen MR) is 67.3 cm³/mol. The van der Waals surface area contributed by atoms with Gasteiger partial charge >= 0.3 is 0 Å². The topological polar surface area (TPSA) is 103 Å². The van der Waals surface area contributed by atoms with Crippen LogP contribution in [0, 0.1) is 0 Å². The van der Waals surface area contributed by atoms with Gasteiger partial charge < -0.3 is 17.2 Å². The van der Waals surface area contributed by atoms with Crippen molar-refractivity contribution in [3.8, 4) is 0 Å². The van der Waals surface area contributed by atoms with Crippen LogP contribution in [0.4, 0.5) is 5.13 Å². The highest BCUT2D eigenvalue weighted by molar-refractivity contribution is 9.11. The number of rotatable bonds is 5. The number of halogens is 1. The first kappa shape index (κ1) is 12.4. The molecule has 0 fully saturated rings. The lowest BCUT2D eigenvalue weighted by molar-refractivity contribution is 0.734. The van der Waals surface area contributed by atoms with Gasteiger partial charge in [0.25, 0.3) is 0 Å². The molecule has 15 heavy (non-hydrogen) atoms. The molecule has 0 amide bonds. The molecule has 0 spiro atoms. The van der Waals surface area contributed by atoms with Crippen molar-refractivity contribution in [2.45, 2.75) is 19.3 Å². The first-order valence-electron chi connectivity index (χ1n) is 4.58. The Bertz CT molecular complexity index is 345. The zero-order valence-electron chi connectivity index (χ0n) is 8.24. The van der Waals surface area contributed by atoms with E-state index in [2.05, 4.69) is 25.9 Å². The SMILES string of the molecule is NCCCCc1nc(N=C(N)N)sc1Br. The summed E-state index contributed by atoms with van der Waals surface area (Å²) in [5.74, 6) is 0.0322. The molecule has 0 aliphatic carbocycles. The molecule has 1 heterocycles. The van der Waals surface area contributed by atoms with Crippen LogP contribution in [0.25, 0.3) is 0 Å². The molecule has 5 nitrogen and oxygen atoms in total. The first-order valence-corrected chi connectivity index (χ1v) is 6.19. The van der Waals surface area contributed by atoms with Gasteiger partial charge in [0.2, 0.25) is 5.13 Å². The number of aromatic nitrogens is 1. The molecule has 0 radical (unpaired) electrons. The average Bonchev–Trinajstić information content (AvgIpc) is 2.46. The standard InChI is InChI=1S/C8H14BrN5S/c9-6-5(3-1-2-4-10)13-8(15-6)14-7(11)12/h1-4,10H2,(H4,11,12,13,14). The van der Waals surface area contributed by atoms with Gasteiger partial charge in [-0.25, -0.2) is 4.98 Å². The molecule has 0 bridgehead atoms. The van der Waals surface area contributed by atoms with Crippen LogP contribution in [-0.2, 0) is 6.42 Å². The Labute approximate surface area is 101 Å². The number of unbranched alkanes of at least 4 members (excludes halogenated alkanes) is 1. The summed E-state index contributed by atoms with van der Waals surface area (Å²) in [6.07, 6.45) is 2.93. The van der Waals surface area contributed by atoms with Gasteiger partial charge in [-0.3, -0.25) is 0 Å². The largest absolute Gasteiger partial charge is 0.370 e. The van der Waals surface area contributed by atoms with Crippen LogP contribution in [0.5, 0.6) is 0 Å². The van der Waals surface area contributed by atoms with E-state index in [-0.39, 0.29) is 5.96 Å². The Morgan fingerprint density at radius 1 is 1.40 bits per heavy atom. The van der Waals surface area contributed by atoms with E-state index in [1.165, 1.54) is 11.3 Å². The molecule has 1 aromatic rings. The Kier molecular flexibility index (Phi) is 5.00. The van der Waals surface area contributed by atoms with Gasteiger partial charge in [-0.15, -0.1) is 0 Å². The van der Waals surface area contributed by atoms with Crippen molar-refractivity contribution in [3.63, 3.8) is 0 Å². The van der Waals surface area contributed by atoms with E-state index in [0.717, 1.165) is 28.7 Å². The first-order chi connectivity index (χ1) is 7.13. The normalized spacial score (nSPS) is 10.3. The van der Waals surface area contributed by atoms with Crippen LogP contribution in [0.1, 0.15) is 18.5 Å². The van der Waals surface area contributed by atoms with Gasteiger partial charge in [-0.05, 0) is 41.7 Å². The Hall–Kier alpha value is -0.660. The second-order valence-electron chi connectivity index (χ2n) is 3.00. The van der Waals surface area contributed by atoms with E-state index in [1.807, 2.05) is 0 Å². The third kappa shape index (κ3) is 4.15. The van der Waals surface area contributed by atoms with Crippen LogP contribution < -0.4 is 17.2 Å². The molecule has 0 atom stereocenters. The number of guanidine groups is 1. The Balaban J connectivity index is 2.65. The monoisotopic (exact) mass is 291 g/mol. The summed E-state index contributed by atoms with van der Waals surface area (Å²) in [7, 11) is 0. The molecule has 0 saturated heterocycles. The van der Waals surface area contributed by atoms with Crippen molar-refractivity contribution >= 4 is 38.4 Å². The summed E-state index contributed by atoms with van der Waals surface area (Å²) in [6.45, 7) is 0.711. The number of hydrogen-bond donors (Lipinski definition) is 3. The second kappa shape index (κ2) is 6.04. The predicted octanol–water partition coefficient (Wildman–Crippen LogP) is 1.09. The minimum atomic E-state index is 0.0322. The summed E-state index contributed by atoms with van der Waals surface area (Å²) in [6, 6.07) is 0. The van der Waals surface area contributed by atoms with Gasteiger partial charge in [-0.1, -0.05) is 11.3 Å². The number of aliphatic imine (C=N–C) groups is 1. The minimum absolute atomic E-state index is 0.0322. The molecule has 1 rings (SSSR count). The zero-order valence-corrected chi connectivity index (χ0v) is 10.6. The molecule has 0 aromatic carbocycles. The van der Waals surface area contributed by atoms with Crippen LogP contribution in [-0.4, -0.2) is 17.5 Å². The fraction of sp³-hybridized carbons (Fsp3) is 0.500. The van der Waals surface area contributed by atoms with E-state index in [9.17, 15) is 0 Å². The van der Waals surface area contributed by atoms with Gasteiger partial charge in [0.1, 0.15) is 0 Å². The maximum absolute atomic E-state index is 5.42. The fourth-order valence-corrected chi connectivity index (χ4v) is 2.52. The molecular formula is C8H14BrN5S. The van der Waals surface area contributed by atoms with E-state index < -0.39 is 0 Å². The molecular weight excluding hydrogens is 278 g/mol. The molecule has 0 aliphatic heterocycles. The van der Waals surface area contributed by atoms with Gasteiger partial charge in [0, 0.05) is 0 Å². The van der Waals surface area contributed by atoms with Crippen LogP contribution in [0.2, 0.25) is 0 Å². The summed E-state index contributed by atoms with van der Waals surface area (Å²) in [5.41, 5.74) is 16.9. The smallest absolute Gasteiger partial charge is 0.213 e. The lowest BCUT2D eigenvalue weighted by atomic mass is 10.2. The van der Waals surface area contributed by atoms with Crippen molar-refractivity contribution < 1.29 is 0 Å². The number of aryl methyl sites for hydroxylation is 1. The quantitative estimate of drug-likeness (QED) is 0.429. The van der Waals surface area contributed by atoms with Gasteiger partial charge in [0.15, 0.2) is 5.96 Å². The van der Waals surface area contributed by atoms with Crippen LogP contribution in [0.3, 0.4) is 0 Å². The lowest BCUT2D eigenvalue weighted by Crippen LogP contribution is -2.21. The maximum Gasteiger partial charge on any atom is 0.213 e. The van der Waals surface area contributed by atoms with Crippen molar-refractivity contribution in [3.05, 3.63) is 9.48 Å². The molecule has 6 N–H and O–H groups in total. The van der Waals surface area contributed by atoms with Crippen molar-refractivity contribution in [1.29, 1.82) is 0 Å².